The number of carbonyl (C=O) groups is 1. The van der Waals surface area contributed by atoms with Crippen LogP contribution < -0.4 is 0 Å². The van der Waals surface area contributed by atoms with Crippen molar-refractivity contribution in [3.05, 3.63) is 29.0 Å². The van der Waals surface area contributed by atoms with Gasteiger partial charge in [-0.2, -0.15) is 0 Å². The molecule has 0 radical (unpaired) electrons. The highest BCUT2D eigenvalue weighted by Crippen LogP contribution is 2.30. The minimum atomic E-state index is -0.385. The number of benzene rings is 1. The fourth-order valence-electron chi connectivity index (χ4n) is 2.26. The molecular formula is C14H17Cl2N3O. The zero-order chi connectivity index (χ0) is 15.0. The maximum Gasteiger partial charge on any atom is 0.244 e. The van der Waals surface area contributed by atoms with E-state index >= 15 is 0 Å². The van der Waals surface area contributed by atoms with Crippen LogP contribution in [-0.4, -0.2) is 34.5 Å². The number of hydrogen-bond acceptors (Lipinski definition) is 2. The van der Waals surface area contributed by atoms with Crippen molar-refractivity contribution in [3.63, 3.8) is 0 Å². The number of nitrogens with zero attached hydrogens (tertiary/aromatic N) is 3. The molecule has 4 nitrogen and oxygen atoms in total. The van der Waals surface area contributed by atoms with Gasteiger partial charge >= 0.3 is 0 Å². The fraction of sp³-hybridized carbons (Fsp3) is 0.429. The molecule has 108 valence electrons. The van der Waals surface area contributed by atoms with Gasteiger partial charge in [-0.15, -0.1) is 11.6 Å². The Hall–Kier alpha value is -1.26. The standard InChI is InChI=1S/C14H17Cl2N3O/c1-8(15)13-17-11-6-5-10(16)7-12(11)19(13)9(2)14(20)18(3)4/h5-9H,1-4H3. The van der Waals surface area contributed by atoms with Crippen molar-refractivity contribution in [2.24, 2.45) is 0 Å². The molecule has 1 aromatic heterocycles. The molecule has 2 atom stereocenters. The molecule has 1 heterocycles. The molecule has 0 bridgehead atoms. The van der Waals surface area contributed by atoms with Crippen molar-refractivity contribution < 1.29 is 4.79 Å². The van der Waals surface area contributed by atoms with Crippen molar-refractivity contribution in [2.45, 2.75) is 25.3 Å². The molecule has 0 aliphatic rings. The van der Waals surface area contributed by atoms with Gasteiger partial charge in [-0.3, -0.25) is 4.79 Å². The summed E-state index contributed by atoms with van der Waals surface area (Å²) in [6.07, 6.45) is 0. The number of carbonyl (C=O) groups excluding carboxylic acids is 1. The van der Waals surface area contributed by atoms with E-state index in [0.29, 0.717) is 10.8 Å². The molecule has 2 unspecified atom stereocenters. The molecule has 2 aromatic rings. The van der Waals surface area contributed by atoms with Crippen LogP contribution in [0.1, 0.15) is 31.1 Å². The highest BCUT2D eigenvalue weighted by atomic mass is 35.5. The van der Waals surface area contributed by atoms with Crippen molar-refractivity contribution in [1.29, 1.82) is 0 Å². The summed E-state index contributed by atoms with van der Waals surface area (Å²) in [6.45, 7) is 3.68. The van der Waals surface area contributed by atoms with Crippen LogP contribution in [0.5, 0.6) is 0 Å². The highest BCUT2D eigenvalue weighted by Gasteiger charge is 2.24. The Kier molecular flexibility index (Phi) is 4.25. The first-order chi connectivity index (χ1) is 9.32. The van der Waals surface area contributed by atoms with Crippen molar-refractivity contribution >= 4 is 40.1 Å². The zero-order valence-electron chi connectivity index (χ0n) is 11.9. The third-order valence-electron chi connectivity index (χ3n) is 3.22. The topological polar surface area (TPSA) is 38.1 Å². The van der Waals surface area contributed by atoms with Gasteiger partial charge in [0.15, 0.2) is 0 Å². The number of likely N-dealkylation sites (N-methyl/N-ethyl adjacent to an activating group) is 1. The normalized spacial score (nSPS) is 14.3. The van der Waals surface area contributed by atoms with Gasteiger partial charge in [-0.1, -0.05) is 11.6 Å². The van der Waals surface area contributed by atoms with Crippen LogP contribution in [0.3, 0.4) is 0 Å². The van der Waals surface area contributed by atoms with E-state index in [0.717, 1.165) is 11.0 Å². The number of imidazole rings is 1. The number of halogens is 2. The fourth-order valence-corrected chi connectivity index (χ4v) is 2.58. The summed E-state index contributed by atoms with van der Waals surface area (Å²) in [6, 6.07) is 5.04. The number of amides is 1. The summed E-state index contributed by atoms with van der Waals surface area (Å²) in [7, 11) is 3.46. The lowest BCUT2D eigenvalue weighted by atomic mass is 10.2. The number of fused-ring (bicyclic) bond motifs is 1. The first-order valence-corrected chi connectivity index (χ1v) is 7.17. The number of rotatable bonds is 3. The summed E-state index contributed by atoms with van der Waals surface area (Å²) < 4.78 is 1.86. The predicted octanol–water partition coefficient (Wildman–Crippen LogP) is 3.64. The maximum atomic E-state index is 12.2. The second kappa shape index (κ2) is 5.62. The van der Waals surface area contributed by atoms with Gasteiger partial charge in [-0.05, 0) is 32.0 Å². The van der Waals surface area contributed by atoms with Gasteiger partial charge in [0.05, 0.1) is 16.4 Å². The molecule has 20 heavy (non-hydrogen) atoms. The average Bonchev–Trinajstić information content (AvgIpc) is 2.75. The summed E-state index contributed by atoms with van der Waals surface area (Å²) in [4.78, 5) is 18.3. The monoisotopic (exact) mass is 313 g/mol. The molecule has 0 aliphatic heterocycles. The van der Waals surface area contributed by atoms with Gasteiger partial charge < -0.3 is 9.47 Å². The molecule has 0 saturated heterocycles. The average molecular weight is 314 g/mol. The molecule has 0 spiro atoms. The number of alkyl halides is 1. The van der Waals surface area contributed by atoms with E-state index in [-0.39, 0.29) is 17.3 Å². The van der Waals surface area contributed by atoms with Gasteiger partial charge in [0.1, 0.15) is 11.9 Å². The van der Waals surface area contributed by atoms with E-state index in [4.69, 9.17) is 23.2 Å². The first-order valence-electron chi connectivity index (χ1n) is 6.35. The van der Waals surface area contributed by atoms with Crippen LogP contribution in [0.2, 0.25) is 5.02 Å². The van der Waals surface area contributed by atoms with Crippen LogP contribution in [0.4, 0.5) is 0 Å². The van der Waals surface area contributed by atoms with Crippen molar-refractivity contribution in [2.75, 3.05) is 14.1 Å². The number of aromatic nitrogens is 2. The second-order valence-corrected chi connectivity index (χ2v) is 6.09. The zero-order valence-corrected chi connectivity index (χ0v) is 13.4. The summed E-state index contributed by atoms with van der Waals surface area (Å²) in [5, 5.41) is 0.315. The van der Waals surface area contributed by atoms with E-state index in [9.17, 15) is 4.79 Å². The Morgan fingerprint density at radius 2 is 2.00 bits per heavy atom. The molecular weight excluding hydrogens is 297 g/mol. The Morgan fingerprint density at radius 1 is 1.35 bits per heavy atom. The molecule has 0 fully saturated rings. The highest BCUT2D eigenvalue weighted by molar-refractivity contribution is 6.31. The van der Waals surface area contributed by atoms with E-state index in [1.165, 1.54) is 0 Å². The smallest absolute Gasteiger partial charge is 0.244 e. The lowest BCUT2D eigenvalue weighted by Crippen LogP contribution is -2.30. The Bertz CT molecular complexity index is 649. The van der Waals surface area contributed by atoms with Crippen LogP contribution in [0, 0.1) is 0 Å². The Labute approximate surface area is 128 Å². The van der Waals surface area contributed by atoms with E-state index in [1.54, 1.807) is 25.1 Å². The molecule has 0 saturated carbocycles. The van der Waals surface area contributed by atoms with Gasteiger partial charge in [0.25, 0.3) is 0 Å². The van der Waals surface area contributed by atoms with Crippen LogP contribution in [0.25, 0.3) is 11.0 Å². The molecule has 6 heteroatoms. The second-order valence-electron chi connectivity index (χ2n) is 5.00. The third kappa shape index (κ3) is 2.63. The Balaban J connectivity index is 2.67. The third-order valence-corrected chi connectivity index (χ3v) is 3.65. The van der Waals surface area contributed by atoms with Crippen molar-refractivity contribution in [1.82, 2.24) is 14.5 Å². The Morgan fingerprint density at radius 3 is 2.55 bits per heavy atom. The van der Waals surface area contributed by atoms with E-state index < -0.39 is 0 Å². The SMILES string of the molecule is CC(Cl)c1nc2ccc(Cl)cc2n1C(C)C(=O)N(C)C. The summed E-state index contributed by atoms with van der Waals surface area (Å²) in [5.41, 5.74) is 1.61. The molecule has 1 aromatic carbocycles. The van der Waals surface area contributed by atoms with Gasteiger partial charge in [0, 0.05) is 19.1 Å². The van der Waals surface area contributed by atoms with Gasteiger partial charge in [0.2, 0.25) is 5.91 Å². The van der Waals surface area contributed by atoms with Crippen LogP contribution in [0.15, 0.2) is 18.2 Å². The van der Waals surface area contributed by atoms with Gasteiger partial charge in [-0.25, -0.2) is 4.98 Å². The molecule has 0 N–H and O–H groups in total. The lowest BCUT2D eigenvalue weighted by Gasteiger charge is -2.21. The van der Waals surface area contributed by atoms with Crippen LogP contribution in [-0.2, 0) is 4.79 Å². The van der Waals surface area contributed by atoms with Crippen LogP contribution >= 0.6 is 23.2 Å². The maximum absolute atomic E-state index is 12.2. The van der Waals surface area contributed by atoms with E-state index in [2.05, 4.69) is 4.98 Å². The minimum Gasteiger partial charge on any atom is -0.347 e. The largest absolute Gasteiger partial charge is 0.347 e. The molecule has 1 amide bonds. The quantitative estimate of drug-likeness (QED) is 0.811. The summed E-state index contributed by atoms with van der Waals surface area (Å²) in [5.74, 6) is 0.662. The number of hydrogen-bond donors (Lipinski definition) is 0. The molecule has 2 rings (SSSR count). The summed E-state index contributed by atoms with van der Waals surface area (Å²) >= 11 is 12.3. The lowest BCUT2D eigenvalue weighted by molar-refractivity contribution is -0.131. The van der Waals surface area contributed by atoms with Crippen molar-refractivity contribution in [3.8, 4) is 0 Å². The first kappa shape index (κ1) is 15.1. The molecule has 0 aliphatic carbocycles. The predicted molar refractivity (Wildman–Crippen MR) is 82.4 cm³/mol. The van der Waals surface area contributed by atoms with E-state index in [1.807, 2.05) is 30.5 Å². The minimum absolute atomic E-state index is 0.0113.